The molecule has 1 aromatic heterocycles. The van der Waals surface area contributed by atoms with Crippen molar-refractivity contribution in [3.05, 3.63) is 53.6 Å². The Labute approximate surface area is 180 Å². The number of hydrogen-bond donors (Lipinski definition) is 0. The van der Waals surface area contributed by atoms with E-state index in [0.29, 0.717) is 11.9 Å². The number of alkyl halides is 4. The molecule has 172 valence electrons. The van der Waals surface area contributed by atoms with Crippen molar-refractivity contribution in [2.24, 2.45) is 0 Å². The molecule has 0 spiro atoms. The van der Waals surface area contributed by atoms with Gasteiger partial charge < -0.3 is 9.64 Å². The molecule has 3 rings (SSSR count). The fourth-order valence-corrected chi connectivity index (χ4v) is 3.45. The Bertz CT molecular complexity index is 1010. The highest BCUT2D eigenvalue weighted by molar-refractivity contribution is 6.02. The van der Waals surface area contributed by atoms with Gasteiger partial charge in [-0.15, -0.1) is 0 Å². The lowest BCUT2D eigenvalue weighted by Crippen LogP contribution is -2.43. The largest absolute Gasteiger partial charge is 0.497 e. The van der Waals surface area contributed by atoms with Crippen LogP contribution in [0.2, 0.25) is 0 Å². The number of amides is 2. The van der Waals surface area contributed by atoms with Crippen LogP contribution >= 0.6 is 0 Å². The van der Waals surface area contributed by atoms with Gasteiger partial charge in [0.2, 0.25) is 0 Å². The number of Topliss-reactive ketones (excluding diaryl/α,β-unsaturated/α-hetero) is 1. The molecule has 0 aliphatic carbocycles. The molecule has 32 heavy (non-hydrogen) atoms. The zero-order chi connectivity index (χ0) is 23.6. The summed E-state index contributed by atoms with van der Waals surface area (Å²) in [5.74, 6) is -1.41. The number of anilines is 1. The Morgan fingerprint density at radius 2 is 2.03 bits per heavy atom. The fraction of sp³-hybridized carbons (Fsp3) is 0.381. The molecule has 1 saturated heterocycles. The average molecular weight is 457 g/mol. The van der Waals surface area contributed by atoms with E-state index in [1.54, 1.807) is 19.1 Å². The van der Waals surface area contributed by atoms with Crippen molar-refractivity contribution in [1.29, 1.82) is 0 Å². The van der Waals surface area contributed by atoms with Gasteiger partial charge in [-0.25, -0.2) is 18.6 Å². The SMILES string of the molecule is CC[C@H](F)[C@H]1CN(c2cnc(C(F)(F)F)cc2F)C(=O)N1CC(=O)c1cccc(OC)c1. The van der Waals surface area contributed by atoms with Gasteiger partial charge in [-0.3, -0.25) is 9.69 Å². The van der Waals surface area contributed by atoms with Crippen LogP contribution < -0.4 is 9.64 Å². The van der Waals surface area contributed by atoms with Gasteiger partial charge in [0.05, 0.1) is 38.1 Å². The number of pyridine rings is 1. The minimum Gasteiger partial charge on any atom is -0.497 e. The number of carbonyl (C=O) groups is 2. The monoisotopic (exact) mass is 457 g/mol. The topological polar surface area (TPSA) is 62.7 Å². The molecule has 1 aliphatic heterocycles. The third-order valence-electron chi connectivity index (χ3n) is 5.18. The summed E-state index contributed by atoms with van der Waals surface area (Å²) in [6, 6.07) is 4.35. The van der Waals surface area contributed by atoms with E-state index in [2.05, 4.69) is 4.98 Å². The van der Waals surface area contributed by atoms with Gasteiger partial charge in [-0.1, -0.05) is 19.1 Å². The molecule has 0 bridgehead atoms. The molecular formula is C21H20F5N3O3. The molecule has 2 aromatic rings. The number of rotatable bonds is 7. The summed E-state index contributed by atoms with van der Waals surface area (Å²) in [5.41, 5.74) is -1.75. The zero-order valence-electron chi connectivity index (χ0n) is 17.2. The molecule has 1 aliphatic rings. The van der Waals surface area contributed by atoms with Crippen LogP contribution in [0.1, 0.15) is 29.4 Å². The maximum Gasteiger partial charge on any atom is 0.433 e. The number of benzene rings is 1. The van der Waals surface area contributed by atoms with Gasteiger partial charge in [0.25, 0.3) is 0 Å². The predicted octanol–water partition coefficient (Wildman–Crippen LogP) is 4.49. The first-order valence-corrected chi connectivity index (χ1v) is 9.69. The summed E-state index contributed by atoms with van der Waals surface area (Å²) in [5, 5.41) is 0. The predicted molar refractivity (Wildman–Crippen MR) is 105 cm³/mol. The number of aromatic nitrogens is 1. The Morgan fingerprint density at radius 3 is 2.62 bits per heavy atom. The smallest absolute Gasteiger partial charge is 0.433 e. The first-order chi connectivity index (χ1) is 15.1. The highest BCUT2D eigenvalue weighted by Crippen LogP contribution is 2.33. The van der Waals surface area contributed by atoms with Gasteiger partial charge in [0.1, 0.15) is 17.6 Å². The Kier molecular flexibility index (Phi) is 6.65. The minimum atomic E-state index is -4.86. The van der Waals surface area contributed by atoms with Gasteiger partial charge in [0.15, 0.2) is 11.6 Å². The van der Waals surface area contributed by atoms with Crippen molar-refractivity contribution in [3.63, 3.8) is 0 Å². The molecule has 1 fully saturated rings. The van der Waals surface area contributed by atoms with Crippen LogP contribution in [0.3, 0.4) is 0 Å². The standard InChI is InChI=1S/C21H20F5N3O3/c1-3-14(22)17-10-28(16-9-27-19(8-15(16)23)21(24,25)26)20(31)29(17)11-18(30)12-5-4-6-13(7-12)32-2/h4-9,14,17H,3,10-11H2,1-2H3/t14-,17+/m0/s1. The van der Waals surface area contributed by atoms with Crippen molar-refractivity contribution in [1.82, 2.24) is 9.88 Å². The Morgan fingerprint density at radius 1 is 1.31 bits per heavy atom. The highest BCUT2D eigenvalue weighted by Gasteiger charge is 2.44. The van der Waals surface area contributed by atoms with Crippen LogP contribution in [0.4, 0.5) is 32.4 Å². The second kappa shape index (κ2) is 9.09. The number of urea groups is 1. The maximum absolute atomic E-state index is 14.6. The van der Waals surface area contributed by atoms with Crippen molar-refractivity contribution in [2.75, 3.05) is 25.1 Å². The lowest BCUT2D eigenvalue weighted by Gasteiger charge is -2.24. The first-order valence-electron chi connectivity index (χ1n) is 9.69. The average Bonchev–Trinajstić information content (AvgIpc) is 3.08. The van der Waals surface area contributed by atoms with E-state index in [9.17, 15) is 31.5 Å². The summed E-state index contributed by atoms with van der Waals surface area (Å²) < 4.78 is 72.4. The quantitative estimate of drug-likeness (QED) is 0.454. The molecule has 0 radical (unpaired) electrons. The third-order valence-corrected chi connectivity index (χ3v) is 5.18. The van der Waals surface area contributed by atoms with Gasteiger partial charge >= 0.3 is 12.2 Å². The third kappa shape index (κ3) is 4.66. The van der Waals surface area contributed by atoms with Crippen molar-refractivity contribution < 1.29 is 36.3 Å². The fourth-order valence-electron chi connectivity index (χ4n) is 3.45. The van der Waals surface area contributed by atoms with Crippen LogP contribution in [0, 0.1) is 5.82 Å². The second-order valence-electron chi connectivity index (χ2n) is 7.19. The second-order valence-corrected chi connectivity index (χ2v) is 7.19. The van der Waals surface area contributed by atoms with E-state index < -0.39 is 53.9 Å². The normalized spacial score (nSPS) is 17.6. The maximum atomic E-state index is 14.6. The molecule has 1 aromatic carbocycles. The Hall–Kier alpha value is -3.24. The van der Waals surface area contributed by atoms with Crippen LogP contribution in [0.5, 0.6) is 5.75 Å². The number of carbonyl (C=O) groups excluding carboxylic acids is 2. The minimum absolute atomic E-state index is 0.0172. The van der Waals surface area contributed by atoms with E-state index in [1.165, 1.54) is 19.2 Å². The summed E-state index contributed by atoms with van der Waals surface area (Å²) in [7, 11) is 1.42. The molecule has 2 amide bonds. The Balaban J connectivity index is 1.89. The van der Waals surface area contributed by atoms with Crippen molar-refractivity contribution in [2.45, 2.75) is 31.7 Å². The molecule has 6 nitrogen and oxygen atoms in total. The summed E-state index contributed by atoms with van der Waals surface area (Å²) in [6.07, 6.45) is -5.80. The van der Waals surface area contributed by atoms with Crippen LogP contribution in [-0.4, -0.2) is 54.1 Å². The van der Waals surface area contributed by atoms with Crippen molar-refractivity contribution >= 4 is 17.5 Å². The number of nitrogens with zero attached hydrogens (tertiary/aromatic N) is 3. The van der Waals surface area contributed by atoms with E-state index in [-0.39, 0.29) is 24.6 Å². The molecule has 0 unspecified atom stereocenters. The lowest BCUT2D eigenvalue weighted by molar-refractivity contribution is -0.141. The number of methoxy groups -OCH3 is 1. The van der Waals surface area contributed by atoms with Crippen LogP contribution in [-0.2, 0) is 6.18 Å². The number of halogens is 5. The number of ketones is 1. The summed E-state index contributed by atoms with van der Waals surface area (Å²) >= 11 is 0. The van der Waals surface area contributed by atoms with E-state index in [0.717, 1.165) is 9.80 Å². The lowest BCUT2D eigenvalue weighted by atomic mass is 10.1. The van der Waals surface area contributed by atoms with Crippen LogP contribution in [0.25, 0.3) is 0 Å². The van der Waals surface area contributed by atoms with Crippen LogP contribution in [0.15, 0.2) is 36.5 Å². The number of hydrogen-bond acceptors (Lipinski definition) is 4. The van der Waals surface area contributed by atoms with Gasteiger partial charge in [-0.2, -0.15) is 13.2 Å². The molecular weight excluding hydrogens is 437 g/mol. The zero-order valence-corrected chi connectivity index (χ0v) is 17.2. The molecule has 11 heteroatoms. The van der Waals surface area contributed by atoms with Gasteiger partial charge in [0, 0.05) is 11.6 Å². The molecule has 2 heterocycles. The van der Waals surface area contributed by atoms with E-state index in [4.69, 9.17) is 4.74 Å². The molecule has 0 N–H and O–H groups in total. The summed E-state index contributed by atoms with van der Waals surface area (Å²) in [4.78, 5) is 30.6. The molecule has 2 atom stereocenters. The van der Waals surface area contributed by atoms with E-state index >= 15 is 0 Å². The van der Waals surface area contributed by atoms with Crippen molar-refractivity contribution in [3.8, 4) is 5.75 Å². The highest BCUT2D eigenvalue weighted by atomic mass is 19.4. The van der Waals surface area contributed by atoms with Gasteiger partial charge in [-0.05, 0) is 18.6 Å². The van der Waals surface area contributed by atoms with E-state index in [1.807, 2.05) is 0 Å². The first kappa shape index (κ1) is 23.4. The number of ether oxygens (including phenoxy) is 1. The summed E-state index contributed by atoms with van der Waals surface area (Å²) in [6.45, 7) is 0.701. The molecule has 0 saturated carbocycles.